The first-order valence-corrected chi connectivity index (χ1v) is 8.83. The van der Waals surface area contributed by atoms with E-state index in [9.17, 15) is 33.9 Å². The van der Waals surface area contributed by atoms with Gasteiger partial charge in [0.25, 0.3) is 0 Å². The van der Waals surface area contributed by atoms with Crippen molar-refractivity contribution in [2.24, 2.45) is 11.5 Å². The van der Waals surface area contributed by atoms with Crippen molar-refractivity contribution >= 4 is 35.6 Å². The SMILES string of the molecule is CC(NC(=O)C(NC(=O)C(N)CC(=O)O)C(C)O)C(=O)NC(CCC(N)=O)C(=O)O. The van der Waals surface area contributed by atoms with Crippen LogP contribution >= 0.6 is 0 Å². The molecular weight excluding hydrogens is 406 g/mol. The molecule has 170 valence electrons. The van der Waals surface area contributed by atoms with Gasteiger partial charge in [-0.1, -0.05) is 0 Å². The molecule has 0 fully saturated rings. The maximum atomic E-state index is 12.3. The number of aliphatic hydroxyl groups excluding tert-OH is 1. The van der Waals surface area contributed by atoms with Crippen LogP contribution in [0.25, 0.3) is 0 Å². The summed E-state index contributed by atoms with van der Waals surface area (Å²) in [6, 6.07) is -5.74. The number of carboxylic acid groups (broad SMARTS) is 2. The van der Waals surface area contributed by atoms with Gasteiger partial charge in [0.05, 0.1) is 18.6 Å². The molecule has 0 saturated carbocycles. The molecule has 0 spiro atoms. The fourth-order valence-electron chi connectivity index (χ4n) is 2.16. The Hall–Kier alpha value is -3.26. The van der Waals surface area contributed by atoms with Gasteiger partial charge in [-0.05, 0) is 20.3 Å². The summed E-state index contributed by atoms with van der Waals surface area (Å²) in [5, 5.41) is 33.9. The Morgan fingerprint density at radius 2 is 1.47 bits per heavy atom. The normalized spacial score (nSPS) is 15.6. The molecule has 30 heavy (non-hydrogen) atoms. The lowest BCUT2D eigenvalue weighted by molar-refractivity contribution is -0.142. The van der Waals surface area contributed by atoms with E-state index in [4.69, 9.17) is 21.7 Å². The van der Waals surface area contributed by atoms with E-state index >= 15 is 0 Å². The Bertz CT molecular complexity index is 682. The molecule has 0 aliphatic carbocycles. The molecule has 0 aromatic heterocycles. The molecule has 0 bridgehead atoms. The lowest BCUT2D eigenvalue weighted by Crippen LogP contribution is -2.59. The van der Waals surface area contributed by atoms with E-state index in [0.717, 1.165) is 0 Å². The van der Waals surface area contributed by atoms with Crippen molar-refractivity contribution in [2.45, 2.75) is 63.4 Å². The Labute approximate surface area is 171 Å². The summed E-state index contributed by atoms with van der Waals surface area (Å²) >= 11 is 0. The summed E-state index contributed by atoms with van der Waals surface area (Å²) in [5.41, 5.74) is 10.3. The summed E-state index contributed by atoms with van der Waals surface area (Å²) in [6.45, 7) is 2.39. The molecule has 0 aliphatic heterocycles. The van der Waals surface area contributed by atoms with E-state index in [2.05, 4.69) is 16.0 Å². The van der Waals surface area contributed by atoms with E-state index in [0.29, 0.717) is 0 Å². The van der Waals surface area contributed by atoms with E-state index < -0.39 is 72.3 Å². The van der Waals surface area contributed by atoms with Gasteiger partial charge < -0.3 is 42.7 Å². The Morgan fingerprint density at radius 1 is 0.900 bits per heavy atom. The monoisotopic (exact) mass is 433 g/mol. The van der Waals surface area contributed by atoms with E-state index in [1.165, 1.54) is 13.8 Å². The lowest BCUT2D eigenvalue weighted by atomic mass is 10.1. The zero-order chi connectivity index (χ0) is 23.6. The largest absolute Gasteiger partial charge is 0.481 e. The third-order valence-corrected chi connectivity index (χ3v) is 3.84. The molecule has 14 heteroatoms. The number of rotatable bonds is 13. The molecule has 10 N–H and O–H groups in total. The second-order valence-electron chi connectivity index (χ2n) is 6.57. The Kier molecular flexibility index (Phi) is 11.0. The molecule has 0 radical (unpaired) electrons. The standard InChI is InChI=1S/C16H27N5O9/c1-6(13(26)20-9(16(29)30)3-4-10(18)23)19-15(28)12(7(2)22)21-14(27)8(17)5-11(24)25/h6-9,12,22H,3-5,17H2,1-2H3,(H2,18,23)(H,19,28)(H,20,26)(H,21,27)(H,24,25)(H,29,30). The van der Waals surface area contributed by atoms with Gasteiger partial charge in [0.2, 0.25) is 23.6 Å². The highest BCUT2D eigenvalue weighted by molar-refractivity contribution is 5.94. The molecule has 0 rings (SSSR count). The van der Waals surface area contributed by atoms with Gasteiger partial charge in [-0.25, -0.2) is 4.79 Å². The predicted molar refractivity (Wildman–Crippen MR) is 99.4 cm³/mol. The smallest absolute Gasteiger partial charge is 0.326 e. The highest BCUT2D eigenvalue weighted by Crippen LogP contribution is 2.01. The molecule has 5 atom stereocenters. The number of carbonyl (C=O) groups is 6. The van der Waals surface area contributed by atoms with Crippen LogP contribution in [0.1, 0.15) is 33.1 Å². The van der Waals surface area contributed by atoms with Gasteiger partial charge in [0.15, 0.2) is 0 Å². The van der Waals surface area contributed by atoms with Crippen molar-refractivity contribution in [3.05, 3.63) is 0 Å². The van der Waals surface area contributed by atoms with Gasteiger partial charge in [-0.3, -0.25) is 24.0 Å². The van der Waals surface area contributed by atoms with Crippen molar-refractivity contribution in [2.75, 3.05) is 0 Å². The maximum absolute atomic E-state index is 12.3. The number of aliphatic hydroxyl groups is 1. The quantitative estimate of drug-likeness (QED) is 0.140. The fraction of sp³-hybridized carbons (Fsp3) is 0.625. The summed E-state index contributed by atoms with van der Waals surface area (Å²) in [6.07, 6.45) is -2.68. The average Bonchev–Trinajstić information content (AvgIpc) is 2.60. The molecule has 0 aromatic carbocycles. The van der Waals surface area contributed by atoms with Gasteiger partial charge >= 0.3 is 11.9 Å². The van der Waals surface area contributed by atoms with Crippen LogP contribution in [0.4, 0.5) is 0 Å². The number of carboxylic acids is 2. The van der Waals surface area contributed by atoms with Crippen molar-refractivity contribution in [1.29, 1.82) is 0 Å². The van der Waals surface area contributed by atoms with Crippen molar-refractivity contribution in [1.82, 2.24) is 16.0 Å². The number of nitrogens with one attached hydrogen (secondary N) is 3. The highest BCUT2D eigenvalue weighted by atomic mass is 16.4. The first kappa shape index (κ1) is 26.7. The van der Waals surface area contributed by atoms with Crippen LogP contribution in [-0.4, -0.2) is 81.2 Å². The molecule has 0 aliphatic rings. The fourth-order valence-corrected chi connectivity index (χ4v) is 2.16. The minimum absolute atomic E-state index is 0.259. The number of hydrogen-bond acceptors (Lipinski definition) is 8. The zero-order valence-corrected chi connectivity index (χ0v) is 16.5. The summed E-state index contributed by atoms with van der Waals surface area (Å²) in [7, 11) is 0. The zero-order valence-electron chi connectivity index (χ0n) is 16.5. The first-order valence-electron chi connectivity index (χ1n) is 8.83. The number of amides is 4. The highest BCUT2D eigenvalue weighted by Gasteiger charge is 2.31. The summed E-state index contributed by atoms with van der Waals surface area (Å²) < 4.78 is 0. The molecular formula is C16H27N5O9. The maximum Gasteiger partial charge on any atom is 0.326 e. The molecule has 0 saturated heterocycles. The lowest BCUT2D eigenvalue weighted by Gasteiger charge is -2.24. The van der Waals surface area contributed by atoms with Crippen LogP contribution in [0, 0.1) is 0 Å². The van der Waals surface area contributed by atoms with E-state index in [1.54, 1.807) is 0 Å². The van der Waals surface area contributed by atoms with Gasteiger partial charge in [-0.15, -0.1) is 0 Å². The van der Waals surface area contributed by atoms with Crippen LogP contribution < -0.4 is 27.4 Å². The van der Waals surface area contributed by atoms with Crippen LogP contribution in [0.3, 0.4) is 0 Å². The van der Waals surface area contributed by atoms with Crippen LogP contribution in [0.2, 0.25) is 0 Å². The second kappa shape index (κ2) is 12.3. The topological polar surface area (TPSA) is 251 Å². The van der Waals surface area contributed by atoms with Gasteiger partial charge in [0, 0.05) is 6.42 Å². The number of nitrogens with two attached hydrogens (primary N) is 2. The van der Waals surface area contributed by atoms with Crippen molar-refractivity contribution < 1.29 is 44.1 Å². The molecule has 14 nitrogen and oxygen atoms in total. The molecule has 4 amide bonds. The van der Waals surface area contributed by atoms with Gasteiger partial charge in [0.1, 0.15) is 18.1 Å². The van der Waals surface area contributed by atoms with Crippen molar-refractivity contribution in [3.8, 4) is 0 Å². The minimum Gasteiger partial charge on any atom is -0.481 e. The Morgan fingerprint density at radius 3 is 1.90 bits per heavy atom. The first-order chi connectivity index (χ1) is 13.8. The van der Waals surface area contributed by atoms with Crippen LogP contribution in [-0.2, 0) is 28.8 Å². The molecule has 5 unspecified atom stereocenters. The van der Waals surface area contributed by atoms with E-state index in [-0.39, 0.29) is 12.8 Å². The third kappa shape index (κ3) is 9.79. The molecule has 0 aromatic rings. The average molecular weight is 433 g/mol. The Balaban J connectivity index is 4.99. The number of primary amides is 1. The van der Waals surface area contributed by atoms with Crippen LogP contribution in [0.5, 0.6) is 0 Å². The number of hydrogen-bond donors (Lipinski definition) is 8. The molecule has 0 heterocycles. The summed E-state index contributed by atoms with van der Waals surface area (Å²) in [5.74, 6) is -6.41. The predicted octanol–water partition coefficient (Wildman–Crippen LogP) is -4.01. The van der Waals surface area contributed by atoms with Gasteiger partial charge in [-0.2, -0.15) is 0 Å². The number of aliphatic carboxylic acids is 2. The second-order valence-corrected chi connectivity index (χ2v) is 6.57. The minimum atomic E-state index is -1.56. The number of carbonyl (C=O) groups excluding carboxylic acids is 4. The third-order valence-electron chi connectivity index (χ3n) is 3.84. The van der Waals surface area contributed by atoms with E-state index in [1.807, 2.05) is 0 Å². The van der Waals surface area contributed by atoms with Crippen LogP contribution in [0.15, 0.2) is 0 Å². The van der Waals surface area contributed by atoms with Crippen molar-refractivity contribution in [3.63, 3.8) is 0 Å². The summed E-state index contributed by atoms with van der Waals surface area (Å²) in [4.78, 5) is 68.9.